The molecule has 1 aliphatic rings. The number of hydrogen-bond acceptors (Lipinski definition) is 2. The molecule has 1 fully saturated rings. The molecule has 0 atom stereocenters. The van der Waals surface area contributed by atoms with Gasteiger partial charge in [0.1, 0.15) is 5.78 Å². The zero-order valence-electron chi connectivity index (χ0n) is 12.4. The van der Waals surface area contributed by atoms with Crippen molar-refractivity contribution in [3.8, 4) is 0 Å². The van der Waals surface area contributed by atoms with E-state index in [1.165, 1.54) is 6.42 Å². The smallest absolute Gasteiger partial charge is 0.253 e. The minimum Gasteiger partial charge on any atom is -0.345 e. The molecule has 3 nitrogen and oxygen atoms in total. The van der Waals surface area contributed by atoms with E-state index < -0.39 is 0 Å². The predicted molar refractivity (Wildman–Crippen MR) is 79.7 cm³/mol. The Morgan fingerprint density at radius 3 is 2.40 bits per heavy atom. The zero-order chi connectivity index (χ0) is 14.5. The van der Waals surface area contributed by atoms with Gasteiger partial charge in [-0.05, 0) is 24.5 Å². The molecular weight excluding hydrogens is 250 g/mol. The summed E-state index contributed by atoms with van der Waals surface area (Å²) < 4.78 is 0. The minimum atomic E-state index is -0.0305. The summed E-state index contributed by atoms with van der Waals surface area (Å²) in [6, 6.07) is 7.46. The van der Waals surface area contributed by atoms with Gasteiger partial charge in [0.05, 0.1) is 0 Å². The molecule has 0 saturated heterocycles. The van der Waals surface area contributed by atoms with E-state index in [0.29, 0.717) is 17.8 Å². The highest BCUT2D eigenvalue weighted by atomic mass is 16.2. The van der Waals surface area contributed by atoms with Crippen molar-refractivity contribution in [2.75, 3.05) is 14.1 Å². The Balaban J connectivity index is 2.12. The Bertz CT molecular complexity index is 488. The summed E-state index contributed by atoms with van der Waals surface area (Å²) in [5.74, 6) is 0.465. The maximum absolute atomic E-state index is 12.4. The van der Waals surface area contributed by atoms with E-state index in [-0.39, 0.29) is 11.8 Å². The van der Waals surface area contributed by atoms with Gasteiger partial charge in [0.25, 0.3) is 5.91 Å². The Morgan fingerprint density at radius 2 is 1.75 bits per heavy atom. The monoisotopic (exact) mass is 273 g/mol. The van der Waals surface area contributed by atoms with Crippen LogP contribution in [0.4, 0.5) is 0 Å². The van der Waals surface area contributed by atoms with Gasteiger partial charge in [-0.2, -0.15) is 0 Å². The highest BCUT2D eigenvalue weighted by molar-refractivity contribution is 5.97. The quantitative estimate of drug-likeness (QED) is 0.845. The van der Waals surface area contributed by atoms with Crippen molar-refractivity contribution in [3.05, 3.63) is 35.4 Å². The van der Waals surface area contributed by atoms with Gasteiger partial charge in [-0.3, -0.25) is 9.59 Å². The van der Waals surface area contributed by atoms with Crippen molar-refractivity contribution in [2.45, 2.75) is 38.5 Å². The lowest BCUT2D eigenvalue weighted by molar-refractivity contribution is -0.123. The van der Waals surface area contributed by atoms with Gasteiger partial charge in [0.2, 0.25) is 0 Å². The first-order chi connectivity index (χ1) is 9.59. The lowest BCUT2D eigenvalue weighted by atomic mass is 9.83. The molecule has 0 bridgehead atoms. The number of carbonyl (C=O) groups excluding carboxylic acids is 2. The molecule has 0 unspecified atom stereocenters. The third-order valence-corrected chi connectivity index (χ3v) is 4.08. The van der Waals surface area contributed by atoms with Crippen molar-refractivity contribution in [1.29, 1.82) is 0 Å². The van der Waals surface area contributed by atoms with E-state index in [4.69, 9.17) is 0 Å². The van der Waals surface area contributed by atoms with Crippen LogP contribution in [-0.4, -0.2) is 30.7 Å². The van der Waals surface area contributed by atoms with Crippen LogP contribution < -0.4 is 0 Å². The summed E-state index contributed by atoms with van der Waals surface area (Å²) in [7, 11) is 3.48. The second kappa shape index (κ2) is 6.69. The minimum absolute atomic E-state index is 0.0305. The van der Waals surface area contributed by atoms with E-state index in [1.807, 2.05) is 24.3 Å². The summed E-state index contributed by atoms with van der Waals surface area (Å²) in [5.41, 5.74) is 1.52. The second-order valence-corrected chi connectivity index (χ2v) is 5.83. The molecule has 1 amide bonds. The summed E-state index contributed by atoms with van der Waals surface area (Å²) >= 11 is 0. The van der Waals surface area contributed by atoms with Gasteiger partial charge in [0.15, 0.2) is 0 Å². The molecule has 1 aromatic carbocycles. The molecule has 0 radical (unpaired) electrons. The molecular formula is C17H23NO2. The van der Waals surface area contributed by atoms with Crippen LogP contribution >= 0.6 is 0 Å². The topological polar surface area (TPSA) is 37.4 Å². The van der Waals surface area contributed by atoms with Gasteiger partial charge >= 0.3 is 0 Å². The van der Waals surface area contributed by atoms with Crippen molar-refractivity contribution in [2.24, 2.45) is 5.92 Å². The average molecular weight is 273 g/mol. The van der Waals surface area contributed by atoms with E-state index in [0.717, 1.165) is 31.2 Å². The predicted octanol–water partition coefficient (Wildman–Crippen LogP) is 3.08. The van der Waals surface area contributed by atoms with Gasteiger partial charge in [0, 0.05) is 32.0 Å². The Morgan fingerprint density at radius 1 is 1.10 bits per heavy atom. The standard InChI is InChI=1S/C17H23NO2/c1-18(2)17(20)15-11-7-6-10-14(15)12-16(19)13-8-4-3-5-9-13/h6-7,10-11,13H,3-5,8-9,12H2,1-2H3. The number of amides is 1. The molecule has 0 aliphatic heterocycles. The van der Waals surface area contributed by atoms with Gasteiger partial charge in [-0.25, -0.2) is 0 Å². The van der Waals surface area contributed by atoms with Crippen molar-refractivity contribution in [3.63, 3.8) is 0 Å². The lowest BCUT2D eigenvalue weighted by Crippen LogP contribution is -2.25. The SMILES string of the molecule is CN(C)C(=O)c1ccccc1CC(=O)C1CCCCC1. The highest BCUT2D eigenvalue weighted by Crippen LogP contribution is 2.26. The number of ketones is 1. The fourth-order valence-corrected chi connectivity index (χ4v) is 2.88. The molecule has 0 aromatic heterocycles. The third kappa shape index (κ3) is 3.47. The number of nitrogens with zero attached hydrogens (tertiary/aromatic N) is 1. The summed E-state index contributed by atoms with van der Waals surface area (Å²) in [4.78, 5) is 26.1. The van der Waals surface area contributed by atoms with E-state index in [2.05, 4.69) is 0 Å². The van der Waals surface area contributed by atoms with Crippen LogP contribution in [-0.2, 0) is 11.2 Å². The van der Waals surface area contributed by atoms with E-state index in [9.17, 15) is 9.59 Å². The van der Waals surface area contributed by atoms with Crippen LogP contribution in [0.25, 0.3) is 0 Å². The summed E-state index contributed by atoms with van der Waals surface area (Å²) in [5, 5.41) is 0. The van der Waals surface area contributed by atoms with E-state index >= 15 is 0 Å². The Hall–Kier alpha value is -1.64. The number of benzene rings is 1. The lowest BCUT2D eigenvalue weighted by Gasteiger charge is -2.21. The molecule has 1 aromatic rings. The fraction of sp³-hybridized carbons (Fsp3) is 0.529. The molecule has 3 heteroatoms. The van der Waals surface area contributed by atoms with Crippen molar-refractivity contribution < 1.29 is 9.59 Å². The zero-order valence-corrected chi connectivity index (χ0v) is 12.4. The van der Waals surface area contributed by atoms with Crippen LogP contribution in [0, 0.1) is 5.92 Å². The normalized spacial score (nSPS) is 15.9. The molecule has 108 valence electrons. The molecule has 0 N–H and O–H groups in total. The largest absolute Gasteiger partial charge is 0.345 e. The summed E-state index contributed by atoms with van der Waals surface area (Å²) in [6.07, 6.45) is 5.99. The van der Waals surface area contributed by atoms with Gasteiger partial charge < -0.3 is 4.90 Å². The average Bonchev–Trinajstić information content (AvgIpc) is 2.48. The van der Waals surface area contributed by atoms with Crippen LogP contribution in [0.15, 0.2) is 24.3 Å². The maximum Gasteiger partial charge on any atom is 0.253 e. The number of rotatable bonds is 4. The molecule has 0 spiro atoms. The Kier molecular flexibility index (Phi) is 4.94. The van der Waals surface area contributed by atoms with Crippen molar-refractivity contribution >= 4 is 11.7 Å². The molecule has 20 heavy (non-hydrogen) atoms. The second-order valence-electron chi connectivity index (χ2n) is 5.83. The summed E-state index contributed by atoms with van der Waals surface area (Å²) in [6.45, 7) is 0. The number of hydrogen-bond donors (Lipinski definition) is 0. The maximum atomic E-state index is 12.4. The third-order valence-electron chi connectivity index (χ3n) is 4.08. The number of carbonyl (C=O) groups is 2. The van der Waals surface area contributed by atoms with Crippen LogP contribution in [0.1, 0.15) is 48.0 Å². The number of Topliss-reactive ketones (excluding diaryl/α,β-unsaturated/α-hetero) is 1. The Labute approximate surface area is 121 Å². The van der Waals surface area contributed by atoms with Gasteiger partial charge in [-0.15, -0.1) is 0 Å². The van der Waals surface area contributed by atoms with Crippen LogP contribution in [0.5, 0.6) is 0 Å². The van der Waals surface area contributed by atoms with Gasteiger partial charge in [-0.1, -0.05) is 37.5 Å². The fourth-order valence-electron chi connectivity index (χ4n) is 2.88. The molecule has 2 rings (SSSR count). The van der Waals surface area contributed by atoms with Crippen molar-refractivity contribution in [1.82, 2.24) is 4.90 Å². The molecule has 1 aliphatic carbocycles. The van der Waals surface area contributed by atoms with Crippen LogP contribution in [0.3, 0.4) is 0 Å². The first kappa shape index (κ1) is 14.8. The molecule has 0 heterocycles. The first-order valence-electron chi connectivity index (χ1n) is 7.42. The highest BCUT2D eigenvalue weighted by Gasteiger charge is 2.23. The first-order valence-corrected chi connectivity index (χ1v) is 7.42. The van der Waals surface area contributed by atoms with Crippen LogP contribution in [0.2, 0.25) is 0 Å². The molecule has 1 saturated carbocycles. The van der Waals surface area contributed by atoms with E-state index in [1.54, 1.807) is 19.0 Å².